The third-order valence-electron chi connectivity index (χ3n) is 3.60. The van der Waals surface area contributed by atoms with Crippen molar-refractivity contribution in [3.8, 4) is 0 Å². The number of nitrogens with one attached hydrogen (secondary N) is 2. The first kappa shape index (κ1) is 11.9. The Hall–Kier alpha value is -1.13. The van der Waals surface area contributed by atoms with Crippen LogP contribution in [-0.4, -0.2) is 16.0 Å². The molecule has 1 saturated carbocycles. The summed E-state index contributed by atoms with van der Waals surface area (Å²) < 4.78 is 1.24. The number of hydrogen-bond acceptors (Lipinski definition) is 2. The lowest BCUT2D eigenvalue weighted by molar-refractivity contribution is 0.287. The first-order chi connectivity index (χ1) is 8.83. The summed E-state index contributed by atoms with van der Waals surface area (Å²) in [6.07, 6.45) is 6.08. The maximum Gasteiger partial charge on any atom is 0.120 e. The Morgan fingerprint density at radius 2 is 2.17 bits per heavy atom. The van der Waals surface area contributed by atoms with Crippen LogP contribution in [0.5, 0.6) is 0 Å². The highest BCUT2D eigenvalue weighted by atomic mass is 79.9. The molecule has 3 nitrogen and oxygen atoms in total. The molecule has 2 aromatic rings. The average molecular weight is 306 g/mol. The molecule has 94 valence electrons. The minimum atomic E-state index is 0.618. The van der Waals surface area contributed by atoms with E-state index >= 15 is 0 Å². The van der Waals surface area contributed by atoms with Gasteiger partial charge in [-0.05, 0) is 30.4 Å². The third kappa shape index (κ3) is 2.49. The standard InChI is InChI=1S/C14H16BrN3/c15-13-4-2-1-3-12(13)10-7-11(8-10)18-9-14-16-5-6-17-14/h1-6,10-11,18H,7-9H2,(H,16,17). The molecule has 1 heterocycles. The number of benzene rings is 1. The lowest BCUT2D eigenvalue weighted by Crippen LogP contribution is -2.39. The molecule has 0 amide bonds. The van der Waals surface area contributed by atoms with Gasteiger partial charge in [-0.2, -0.15) is 0 Å². The Morgan fingerprint density at radius 3 is 2.89 bits per heavy atom. The fourth-order valence-electron chi connectivity index (χ4n) is 2.48. The van der Waals surface area contributed by atoms with Gasteiger partial charge >= 0.3 is 0 Å². The monoisotopic (exact) mass is 305 g/mol. The molecule has 0 aliphatic heterocycles. The zero-order valence-electron chi connectivity index (χ0n) is 10.1. The Morgan fingerprint density at radius 1 is 1.33 bits per heavy atom. The zero-order valence-corrected chi connectivity index (χ0v) is 11.7. The van der Waals surface area contributed by atoms with E-state index in [1.807, 2.05) is 6.20 Å². The molecule has 0 atom stereocenters. The highest BCUT2D eigenvalue weighted by Crippen LogP contribution is 2.39. The molecule has 1 aliphatic carbocycles. The summed E-state index contributed by atoms with van der Waals surface area (Å²) in [5.41, 5.74) is 1.44. The largest absolute Gasteiger partial charge is 0.348 e. The summed E-state index contributed by atoms with van der Waals surface area (Å²) >= 11 is 3.63. The van der Waals surface area contributed by atoms with E-state index in [2.05, 4.69) is 55.5 Å². The second-order valence-electron chi connectivity index (χ2n) is 4.80. The second kappa shape index (κ2) is 5.24. The minimum absolute atomic E-state index is 0.618. The van der Waals surface area contributed by atoms with Crippen molar-refractivity contribution < 1.29 is 0 Å². The van der Waals surface area contributed by atoms with Crippen LogP contribution in [0.1, 0.15) is 30.1 Å². The molecule has 1 aliphatic rings. The average Bonchev–Trinajstić information content (AvgIpc) is 2.82. The fraction of sp³-hybridized carbons (Fsp3) is 0.357. The molecule has 1 aromatic heterocycles. The van der Waals surface area contributed by atoms with Crippen LogP contribution in [0.3, 0.4) is 0 Å². The molecule has 4 heteroatoms. The molecule has 2 N–H and O–H groups in total. The van der Waals surface area contributed by atoms with Crippen LogP contribution in [0.4, 0.5) is 0 Å². The van der Waals surface area contributed by atoms with Gasteiger partial charge in [0, 0.05) is 22.9 Å². The number of nitrogens with zero attached hydrogens (tertiary/aromatic N) is 1. The summed E-state index contributed by atoms with van der Waals surface area (Å²) in [5, 5.41) is 3.53. The first-order valence-corrected chi connectivity index (χ1v) is 7.08. The number of rotatable bonds is 4. The number of aromatic nitrogens is 2. The molecule has 0 saturated heterocycles. The minimum Gasteiger partial charge on any atom is -0.348 e. The van der Waals surface area contributed by atoms with Crippen LogP contribution in [0, 0.1) is 0 Å². The SMILES string of the molecule is Brc1ccccc1C1CC(NCc2ncc[nH]2)C1. The van der Waals surface area contributed by atoms with Crippen molar-refractivity contribution in [2.24, 2.45) is 0 Å². The fourth-order valence-corrected chi connectivity index (χ4v) is 3.09. The summed E-state index contributed by atoms with van der Waals surface area (Å²) in [4.78, 5) is 7.32. The van der Waals surface area contributed by atoms with Crippen LogP contribution in [-0.2, 0) is 6.54 Å². The van der Waals surface area contributed by atoms with Gasteiger partial charge in [-0.15, -0.1) is 0 Å². The van der Waals surface area contributed by atoms with Gasteiger partial charge in [0.2, 0.25) is 0 Å². The van der Waals surface area contributed by atoms with Crippen LogP contribution < -0.4 is 5.32 Å². The number of aromatic amines is 1. The first-order valence-electron chi connectivity index (χ1n) is 6.29. The molecule has 3 rings (SSSR count). The topological polar surface area (TPSA) is 40.7 Å². The van der Waals surface area contributed by atoms with Gasteiger partial charge in [0.25, 0.3) is 0 Å². The van der Waals surface area contributed by atoms with Gasteiger partial charge in [-0.1, -0.05) is 34.1 Å². The third-order valence-corrected chi connectivity index (χ3v) is 4.32. The van der Waals surface area contributed by atoms with E-state index < -0.39 is 0 Å². The van der Waals surface area contributed by atoms with E-state index in [4.69, 9.17) is 0 Å². The molecule has 1 fully saturated rings. The molecule has 18 heavy (non-hydrogen) atoms. The lowest BCUT2D eigenvalue weighted by atomic mass is 9.76. The van der Waals surface area contributed by atoms with E-state index in [1.165, 1.54) is 22.9 Å². The molecular formula is C14H16BrN3. The van der Waals surface area contributed by atoms with Crippen LogP contribution >= 0.6 is 15.9 Å². The molecular weight excluding hydrogens is 290 g/mol. The predicted molar refractivity (Wildman–Crippen MR) is 75.3 cm³/mol. The smallest absolute Gasteiger partial charge is 0.120 e. The second-order valence-corrected chi connectivity index (χ2v) is 5.66. The maximum atomic E-state index is 4.21. The molecule has 1 aromatic carbocycles. The van der Waals surface area contributed by atoms with E-state index in [0.717, 1.165) is 12.4 Å². The molecule has 0 spiro atoms. The van der Waals surface area contributed by atoms with Gasteiger partial charge in [0.05, 0.1) is 6.54 Å². The van der Waals surface area contributed by atoms with Crippen molar-refractivity contribution in [2.45, 2.75) is 31.3 Å². The Labute approximate surface area is 115 Å². The Balaban J connectivity index is 1.50. The van der Waals surface area contributed by atoms with Crippen molar-refractivity contribution >= 4 is 15.9 Å². The van der Waals surface area contributed by atoms with Crippen molar-refractivity contribution in [2.75, 3.05) is 0 Å². The van der Waals surface area contributed by atoms with Crippen molar-refractivity contribution in [3.63, 3.8) is 0 Å². The van der Waals surface area contributed by atoms with Crippen LogP contribution in [0.25, 0.3) is 0 Å². The number of imidazole rings is 1. The molecule has 0 unspecified atom stereocenters. The van der Waals surface area contributed by atoms with Crippen LogP contribution in [0.2, 0.25) is 0 Å². The van der Waals surface area contributed by atoms with Crippen LogP contribution in [0.15, 0.2) is 41.1 Å². The van der Waals surface area contributed by atoms with Gasteiger partial charge in [-0.25, -0.2) is 4.98 Å². The van der Waals surface area contributed by atoms with E-state index in [-0.39, 0.29) is 0 Å². The summed E-state index contributed by atoms with van der Waals surface area (Å²) in [7, 11) is 0. The highest BCUT2D eigenvalue weighted by molar-refractivity contribution is 9.10. The van der Waals surface area contributed by atoms with Gasteiger partial charge in [0.1, 0.15) is 5.82 Å². The van der Waals surface area contributed by atoms with Crippen molar-refractivity contribution in [1.29, 1.82) is 0 Å². The Kier molecular flexibility index (Phi) is 3.48. The number of H-pyrrole nitrogens is 1. The number of hydrogen-bond donors (Lipinski definition) is 2. The van der Waals surface area contributed by atoms with Gasteiger partial charge in [-0.3, -0.25) is 0 Å². The van der Waals surface area contributed by atoms with E-state index in [9.17, 15) is 0 Å². The summed E-state index contributed by atoms with van der Waals surface area (Å²) in [5.74, 6) is 1.70. The van der Waals surface area contributed by atoms with Gasteiger partial charge in [0.15, 0.2) is 0 Å². The quantitative estimate of drug-likeness (QED) is 0.910. The van der Waals surface area contributed by atoms with E-state index in [0.29, 0.717) is 12.0 Å². The van der Waals surface area contributed by atoms with Crippen molar-refractivity contribution in [1.82, 2.24) is 15.3 Å². The number of halogens is 1. The highest BCUT2D eigenvalue weighted by Gasteiger charge is 2.30. The normalized spacial score (nSPS) is 22.7. The zero-order chi connectivity index (χ0) is 12.4. The summed E-state index contributed by atoms with van der Waals surface area (Å²) in [6, 6.07) is 9.14. The summed E-state index contributed by atoms with van der Waals surface area (Å²) in [6.45, 7) is 0.834. The lowest BCUT2D eigenvalue weighted by Gasteiger charge is -2.36. The van der Waals surface area contributed by atoms with Gasteiger partial charge < -0.3 is 10.3 Å². The Bertz CT molecular complexity index is 504. The molecule has 0 radical (unpaired) electrons. The predicted octanol–water partition coefficient (Wildman–Crippen LogP) is 3.21. The maximum absolute atomic E-state index is 4.21. The molecule has 0 bridgehead atoms. The van der Waals surface area contributed by atoms with E-state index in [1.54, 1.807) is 6.20 Å². The van der Waals surface area contributed by atoms with Crippen molar-refractivity contribution in [3.05, 3.63) is 52.5 Å².